The number of methoxy groups -OCH3 is 1. The van der Waals surface area contributed by atoms with E-state index in [4.69, 9.17) is 17.0 Å². The summed E-state index contributed by atoms with van der Waals surface area (Å²) in [5.74, 6) is 0.521. The fourth-order valence-electron chi connectivity index (χ4n) is 5.26. The number of nitrogens with one attached hydrogen (secondary N) is 1. The monoisotopic (exact) mass is 608 g/mol. The molecular weight excluding hydrogens is 581 g/mol. The third kappa shape index (κ3) is 6.30. The van der Waals surface area contributed by atoms with Crippen molar-refractivity contribution in [3.8, 4) is 22.9 Å². The number of benzene rings is 2. The van der Waals surface area contributed by atoms with Gasteiger partial charge in [0.2, 0.25) is 0 Å². The summed E-state index contributed by atoms with van der Waals surface area (Å²) in [4.78, 5) is 18.7. The number of halogens is 3. The number of carbonyl (C=O) groups is 1. The van der Waals surface area contributed by atoms with Gasteiger partial charge in [-0.1, -0.05) is 55.7 Å². The maximum absolute atomic E-state index is 13.8. The molecule has 2 aromatic carbocycles. The van der Waals surface area contributed by atoms with Gasteiger partial charge in [0.05, 0.1) is 12.7 Å². The van der Waals surface area contributed by atoms with Crippen molar-refractivity contribution in [2.24, 2.45) is 0 Å². The molecule has 0 spiro atoms. The molecule has 2 fully saturated rings. The Labute approximate surface area is 251 Å². The highest BCUT2D eigenvalue weighted by molar-refractivity contribution is 7.98. The summed E-state index contributed by atoms with van der Waals surface area (Å²) in [5.41, 5.74) is 1.37. The number of pyridine rings is 1. The Hall–Kier alpha value is -3.88. The van der Waals surface area contributed by atoms with E-state index in [9.17, 15) is 23.2 Å². The molecule has 6 nitrogen and oxygen atoms in total. The summed E-state index contributed by atoms with van der Waals surface area (Å²) in [5, 5.41) is 13.4. The predicted octanol–water partition coefficient (Wildman–Crippen LogP) is 7.33. The number of rotatable bonds is 7. The highest BCUT2D eigenvalue weighted by atomic mass is 32.2. The lowest BCUT2D eigenvalue weighted by atomic mass is 9.94. The summed E-state index contributed by atoms with van der Waals surface area (Å²) in [6, 6.07) is 16.9. The van der Waals surface area contributed by atoms with E-state index in [1.165, 1.54) is 7.11 Å². The van der Waals surface area contributed by atoms with Gasteiger partial charge in [-0.2, -0.15) is 18.4 Å². The second kappa shape index (κ2) is 12.5. The van der Waals surface area contributed by atoms with Gasteiger partial charge in [-0.3, -0.25) is 9.69 Å². The van der Waals surface area contributed by atoms with Crippen LogP contribution in [0.25, 0.3) is 17.2 Å². The van der Waals surface area contributed by atoms with Crippen molar-refractivity contribution in [3.05, 3.63) is 82.7 Å². The number of hydrogen-bond donors (Lipinski definition) is 1. The third-order valence-electron chi connectivity index (χ3n) is 7.30. The maximum Gasteiger partial charge on any atom is 0.433 e. The molecular formula is C31H27F3N4O2S2. The van der Waals surface area contributed by atoms with Gasteiger partial charge in [-0.15, -0.1) is 11.8 Å². The van der Waals surface area contributed by atoms with Crippen LogP contribution in [0.4, 0.5) is 13.2 Å². The Morgan fingerprint density at radius 2 is 1.90 bits per heavy atom. The van der Waals surface area contributed by atoms with Gasteiger partial charge in [0, 0.05) is 22.9 Å². The smallest absolute Gasteiger partial charge is 0.433 e. The molecule has 42 heavy (non-hydrogen) atoms. The molecule has 0 bridgehead atoms. The van der Waals surface area contributed by atoms with Crippen LogP contribution in [0.15, 0.2) is 65.3 Å². The molecule has 1 amide bonds. The highest BCUT2D eigenvalue weighted by Gasteiger charge is 2.37. The van der Waals surface area contributed by atoms with Gasteiger partial charge in [-0.25, -0.2) is 4.98 Å². The molecule has 11 heteroatoms. The fraction of sp³-hybridized carbons (Fsp3) is 0.290. The molecule has 1 saturated heterocycles. The summed E-state index contributed by atoms with van der Waals surface area (Å²) in [6.45, 7) is 0. The minimum atomic E-state index is -4.69. The van der Waals surface area contributed by atoms with Crippen molar-refractivity contribution in [2.75, 3.05) is 7.11 Å². The summed E-state index contributed by atoms with van der Waals surface area (Å²) in [6.07, 6.45) is 2.15. The standard InChI is InChI=1S/C31H27F3N4O2S2/c1-40-26-13-12-19(15-25-29(39)38(30(41)36-25)22-10-6-3-7-11-22)14-21(26)18-42-28-24(17-35)23(20-8-4-2-5-9-20)16-27(37-28)31(32,33)34/h2,4-5,8-9,12-16,22H,3,6-7,10-11,18H2,1H3,(H,36,41)/b25-15+. The highest BCUT2D eigenvalue weighted by Crippen LogP contribution is 2.38. The lowest BCUT2D eigenvalue weighted by Crippen LogP contribution is -2.41. The number of nitrogens with zero attached hydrogens (tertiary/aromatic N) is 3. The van der Waals surface area contributed by atoms with E-state index >= 15 is 0 Å². The largest absolute Gasteiger partial charge is 0.496 e. The first-order valence-corrected chi connectivity index (χ1v) is 14.8. The molecule has 1 saturated carbocycles. The van der Waals surface area contributed by atoms with Gasteiger partial charge in [-0.05, 0) is 60.5 Å². The molecule has 0 unspecified atom stereocenters. The second-order valence-electron chi connectivity index (χ2n) is 10.0. The Balaban J connectivity index is 1.44. The summed E-state index contributed by atoms with van der Waals surface area (Å²) < 4.78 is 46.9. The zero-order valence-corrected chi connectivity index (χ0v) is 24.3. The second-order valence-corrected chi connectivity index (χ2v) is 11.4. The maximum atomic E-state index is 13.8. The molecule has 1 N–H and O–H groups in total. The number of ether oxygens (including phenoxy) is 1. The number of thiocarbonyl (C=S) groups is 1. The number of carbonyl (C=O) groups excluding carboxylic acids is 1. The topological polar surface area (TPSA) is 78.2 Å². The zero-order chi connectivity index (χ0) is 29.9. The van der Waals surface area contributed by atoms with Crippen molar-refractivity contribution in [1.29, 1.82) is 5.26 Å². The van der Waals surface area contributed by atoms with Crippen LogP contribution < -0.4 is 10.1 Å². The number of nitriles is 1. The quantitative estimate of drug-likeness (QED) is 0.171. The van der Waals surface area contributed by atoms with E-state index < -0.39 is 11.9 Å². The average molecular weight is 609 g/mol. The molecule has 1 aliphatic heterocycles. The number of aromatic nitrogens is 1. The number of amides is 1. The Morgan fingerprint density at radius 3 is 2.57 bits per heavy atom. The Kier molecular flexibility index (Phi) is 8.85. The van der Waals surface area contributed by atoms with Crippen molar-refractivity contribution < 1.29 is 22.7 Å². The van der Waals surface area contributed by atoms with Crippen molar-refractivity contribution in [1.82, 2.24) is 15.2 Å². The number of hydrogen-bond acceptors (Lipinski definition) is 6. The Bertz CT molecular complexity index is 1580. The molecule has 1 aromatic heterocycles. The van der Waals surface area contributed by atoms with E-state index in [-0.39, 0.29) is 33.9 Å². The van der Waals surface area contributed by atoms with E-state index in [0.717, 1.165) is 49.9 Å². The third-order valence-corrected chi connectivity index (χ3v) is 8.63. The van der Waals surface area contributed by atoms with E-state index in [2.05, 4.69) is 16.4 Å². The van der Waals surface area contributed by atoms with E-state index in [1.54, 1.807) is 59.5 Å². The van der Waals surface area contributed by atoms with Crippen LogP contribution in [-0.2, 0) is 16.7 Å². The van der Waals surface area contributed by atoms with E-state index in [0.29, 0.717) is 33.2 Å². The molecule has 1 aliphatic carbocycles. The van der Waals surface area contributed by atoms with Gasteiger partial charge in [0.1, 0.15) is 28.2 Å². The predicted molar refractivity (Wildman–Crippen MR) is 159 cm³/mol. The minimum absolute atomic E-state index is 0.0295. The Morgan fingerprint density at radius 1 is 1.17 bits per heavy atom. The first kappa shape index (κ1) is 29.6. The van der Waals surface area contributed by atoms with Crippen LogP contribution in [0.1, 0.15) is 54.5 Å². The van der Waals surface area contributed by atoms with E-state index in [1.807, 2.05) is 0 Å². The molecule has 0 radical (unpaired) electrons. The van der Waals surface area contributed by atoms with Crippen molar-refractivity contribution >= 4 is 41.1 Å². The average Bonchev–Trinajstić information content (AvgIpc) is 3.27. The lowest BCUT2D eigenvalue weighted by molar-refractivity contribution is -0.141. The SMILES string of the molecule is COc1ccc(/C=C2/NC(=S)N(C3CCCCC3)C2=O)cc1CSc1nc(C(F)(F)F)cc(-c2ccccc2)c1C#N. The van der Waals surface area contributed by atoms with Crippen LogP contribution in [0.2, 0.25) is 0 Å². The van der Waals surface area contributed by atoms with Gasteiger partial charge in [0.25, 0.3) is 5.91 Å². The van der Waals surface area contributed by atoms with Crippen LogP contribution >= 0.6 is 24.0 Å². The summed E-state index contributed by atoms with van der Waals surface area (Å²) >= 11 is 6.49. The lowest BCUT2D eigenvalue weighted by Gasteiger charge is -2.29. The number of thioether (sulfide) groups is 1. The van der Waals surface area contributed by atoms with Crippen LogP contribution in [0.3, 0.4) is 0 Å². The molecule has 2 heterocycles. The van der Waals surface area contributed by atoms with Crippen molar-refractivity contribution in [2.45, 2.75) is 55.1 Å². The number of alkyl halides is 3. The van der Waals surface area contributed by atoms with Gasteiger partial charge < -0.3 is 10.1 Å². The molecule has 3 aromatic rings. The van der Waals surface area contributed by atoms with Crippen LogP contribution in [0.5, 0.6) is 5.75 Å². The molecule has 2 aliphatic rings. The first-order chi connectivity index (χ1) is 20.2. The van der Waals surface area contributed by atoms with Gasteiger partial charge >= 0.3 is 6.18 Å². The van der Waals surface area contributed by atoms with Crippen molar-refractivity contribution in [3.63, 3.8) is 0 Å². The molecule has 0 atom stereocenters. The van der Waals surface area contributed by atoms with Gasteiger partial charge in [0.15, 0.2) is 5.11 Å². The van der Waals surface area contributed by atoms with Crippen LogP contribution in [0, 0.1) is 11.3 Å². The van der Waals surface area contributed by atoms with Crippen LogP contribution in [-0.4, -0.2) is 34.1 Å². The summed E-state index contributed by atoms with van der Waals surface area (Å²) in [7, 11) is 1.50. The normalized spacial score (nSPS) is 16.9. The molecule has 5 rings (SSSR count). The first-order valence-electron chi connectivity index (χ1n) is 13.4. The fourth-order valence-corrected chi connectivity index (χ4v) is 6.58. The minimum Gasteiger partial charge on any atom is -0.496 e. The molecule has 216 valence electrons. The zero-order valence-electron chi connectivity index (χ0n) is 22.7.